The van der Waals surface area contributed by atoms with E-state index in [1.807, 2.05) is 0 Å². The topological polar surface area (TPSA) is 55.0 Å². The van der Waals surface area contributed by atoms with Gasteiger partial charge in [0.2, 0.25) is 0 Å². The molecule has 0 radical (unpaired) electrons. The maximum Gasteiger partial charge on any atom is 0.141 e. The Bertz CT molecular complexity index is 575. The van der Waals surface area contributed by atoms with Crippen molar-refractivity contribution in [2.75, 3.05) is 18.0 Å². The minimum Gasteiger partial charge on any atom is -0.352 e. The van der Waals surface area contributed by atoms with Gasteiger partial charge in [0.1, 0.15) is 17.0 Å². The Morgan fingerprint density at radius 3 is 2.55 bits per heavy atom. The van der Waals surface area contributed by atoms with Crippen LogP contribution in [0.15, 0.2) is 6.33 Å². The summed E-state index contributed by atoms with van der Waals surface area (Å²) >= 11 is 1.75. The van der Waals surface area contributed by atoms with Gasteiger partial charge in [-0.3, -0.25) is 0 Å². The number of hydrogen-bond donors (Lipinski definition) is 1. The molecular weight excluding hydrogens is 268 g/mol. The van der Waals surface area contributed by atoms with Crippen molar-refractivity contribution in [1.82, 2.24) is 9.97 Å². The fourth-order valence-corrected chi connectivity index (χ4v) is 3.70. The van der Waals surface area contributed by atoms with E-state index < -0.39 is 0 Å². The minimum atomic E-state index is 0.483. The fourth-order valence-electron chi connectivity index (χ4n) is 2.71. The van der Waals surface area contributed by atoms with E-state index in [2.05, 4.69) is 42.6 Å². The predicted molar refractivity (Wildman–Crippen MR) is 87.7 cm³/mol. The highest BCUT2D eigenvalue weighted by Crippen LogP contribution is 2.35. The van der Waals surface area contributed by atoms with Crippen LogP contribution in [-0.4, -0.2) is 29.1 Å². The average molecular weight is 292 g/mol. The zero-order chi connectivity index (χ0) is 14.7. The maximum atomic E-state index is 5.82. The first-order valence-electron chi connectivity index (χ1n) is 7.31. The third-order valence-corrected chi connectivity index (χ3v) is 5.09. The van der Waals surface area contributed by atoms with E-state index in [4.69, 9.17) is 5.73 Å². The highest BCUT2D eigenvalue weighted by atomic mass is 32.1. The van der Waals surface area contributed by atoms with E-state index in [0.717, 1.165) is 30.0 Å². The normalized spacial score (nSPS) is 11.5. The summed E-state index contributed by atoms with van der Waals surface area (Å²) in [5.41, 5.74) is 7.12. The molecule has 4 nitrogen and oxygen atoms in total. The second-order valence-electron chi connectivity index (χ2n) is 5.11. The average Bonchev–Trinajstić information content (AvgIpc) is 2.74. The van der Waals surface area contributed by atoms with Crippen LogP contribution >= 0.6 is 11.3 Å². The molecule has 2 aromatic rings. The van der Waals surface area contributed by atoms with Crippen LogP contribution < -0.4 is 10.6 Å². The molecule has 0 saturated heterocycles. The van der Waals surface area contributed by atoms with E-state index in [9.17, 15) is 0 Å². The summed E-state index contributed by atoms with van der Waals surface area (Å²) in [6.45, 7) is 10.2. The molecule has 20 heavy (non-hydrogen) atoms. The number of aromatic nitrogens is 2. The molecular formula is C15H24N4S. The van der Waals surface area contributed by atoms with Gasteiger partial charge in [-0.25, -0.2) is 9.97 Å². The lowest BCUT2D eigenvalue weighted by Crippen LogP contribution is -2.39. The Hall–Kier alpha value is -1.20. The van der Waals surface area contributed by atoms with Crippen molar-refractivity contribution in [3.8, 4) is 0 Å². The van der Waals surface area contributed by atoms with Gasteiger partial charge in [0.05, 0.1) is 5.39 Å². The minimum absolute atomic E-state index is 0.483. The standard InChI is InChI=1S/C15H24N4S/c1-5-12(6-2)19(8-7-16)14-13-10(3)11(4)20-15(13)18-9-17-14/h9,12H,5-8,16H2,1-4H3. The monoisotopic (exact) mass is 292 g/mol. The lowest BCUT2D eigenvalue weighted by atomic mass is 10.1. The zero-order valence-electron chi connectivity index (χ0n) is 12.8. The summed E-state index contributed by atoms with van der Waals surface area (Å²) in [4.78, 5) is 13.8. The molecule has 0 unspecified atom stereocenters. The van der Waals surface area contributed by atoms with Crippen LogP contribution in [-0.2, 0) is 0 Å². The van der Waals surface area contributed by atoms with Crippen molar-refractivity contribution >= 4 is 27.4 Å². The molecule has 0 atom stereocenters. The van der Waals surface area contributed by atoms with E-state index in [1.165, 1.54) is 15.8 Å². The molecule has 110 valence electrons. The van der Waals surface area contributed by atoms with Crippen molar-refractivity contribution in [2.24, 2.45) is 5.73 Å². The number of hydrogen-bond acceptors (Lipinski definition) is 5. The summed E-state index contributed by atoms with van der Waals surface area (Å²) in [6, 6.07) is 0.483. The SMILES string of the molecule is CCC(CC)N(CCN)c1ncnc2sc(C)c(C)c12. The van der Waals surface area contributed by atoms with Gasteiger partial charge < -0.3 is 10.6 Å². The van der Waals surface area contributed by atoms with E-state index in [-0.39, 0.29) is 0 Å². The number of anilines is 1. The molecule has 0 bridgehead atoms. The number of aryl methyl sites for hydroxylation is 2. The Morgan fingerprint density at radius 1 is 1.25 bits per heavy atom. The number of fused-ring (bicyclic) bond motifs is 1. The zero-order valence-corrected chi connectivity index (χ0v) is 13.6. The lowest BCUT2D eigenvalue weighted by molar-refractivity contribution is 0.555. The number of thiophene rings is 1. The van der Waals surface area contributed by atoms with Gasteiger partial charge in [0, 0.05) is 24.0 Å². The summed E-state index contributed by atoms with van der Waals surface area (Å²) in [6.07, 6.45) is 3.88. The second-order valence-corrected chi connectivity index (χ2v) is 6.32. The smallest absolute Gasteiger partial charge is 0.141 e. The van der Waals surface area contributed by atoms with Crippen LogP contribution in [0, 0.1) is 13.8 Å². The highest BCUT2D eigenvalue weighted by molar-refractivity contribution is 7.18. The predicted octanol–water partition coefficient (Wildman–Crippen LogP) is 3.26. The molecule has 0 aliphatic carbocycles. The van der Waals surface area contributed by atoms with Crippen LogP contribution in [0.4, 0.5) is 5.82 Å². The summed E-state index contributed by atoms with van der Waals surface area (Å²) in [7, 11) is 0. The Kier molecular flexibility index (Phi) is 4.94. The van der Waals surface area contributed by atoms with E-state index in [1.54, 1.807) is 17.7 Å². The number of nitrogens with zero attached hydrogens (tertiary/aromatic N) is 3. The van der Waals surface area contributed by atoms with Gasteiger partial charge in [0.25, 0.3) is 0 Å². The Labute approximate surface area is 125 Å². The van der Waals surface area contributed by atoms with Crippen LogP contribution in [0.25, 0.3) is 10.2 Å². The van der Waals surface area contributed by atoms with Gasteiger partial charge in [-0.05, 0) is 32.3 Å². The summed E-state index contributed by atoms with van der Waals surface area (Å²) < 4.78 is 0. The van der Waals surface area contributed by atoms with E-state index >= 15 is 0 Å². The molecule has 2 aromatic heterocycles. The van der Waals surface area contributed by atoms with Crippen molar-refractivity contribution in [1.29, 1.82) is 0 Å². The van der Waals surface area contributed by atoms with Crippen LogP contribution in [0.1, 0.15) is 37.1 Å². The maximum absolute atomic E-state index is 5.82. The third-order valence-electron chi connectivity index (χ3n) is 3.97. The van der Waals surface area contributed by atoms with Gasteiger partial charge in [0.15, 0.2) is 0 Å². The van der Waals surface area contributed by atoms with Gasteiger partial charge in [-0.15, -0.1) is 11.3 Å². The third kappa shape index (κ3) is 2.65. The van der Waals surface area contributed by atoms with Crippen LogP contribution in [0.3, 0.4) is 0 Å². The second kappa shape index (κ2) is 6.50. The molecule has 2 N–H and O–H groups in total. The molecule has 0 amide bonds. The van der Waals surface area contributed by atoms with Crippen molar-refractivity contribution < 1.29 is 0 Å². The summed E-state index contributed by atoms with van der Waals surface area (Å²) in [5.74, 6) is 1.05. The molecule has 0 aliphatic heterocycles. The van der Waals surface area contributed by atoms with E-state index in [0.29, 0.717) is 12.6 Å². The fraction of sp³-hybridized carbons (Fsp3) is 0.600. The van der Waals surface area contributed by atoms with Crippen LogP contribution in [0.5, 0.6) is 0 Å². The molecule has 0 saturated carbocycles. The molecule has 2 rings (SSSR count). The Balaban J connectivity index is 2.58. The first kappa shape index (κ1) is 15.2. The molecule has 0 fully saturated rings. The first-order chi connectivity index (χ1) is 9.63. The van der Waals surface area contributed by atoms with Crippen molar-refractivity contribution in [2.45, 2.75) is 46.6 Å². The molecule has 2 heterocycles. The van der Waals surface area contributed by atoms with Crippen molar-refractivity contribution in [3.05, 3.63) is 16.8 Å². The lowest BCUT2D eigenvalue weighted by Gasteiger charge is -2.31. The van der Waals surface area contributed by atoms with Crippen LogP contribution in [0.2, 0.25) is 0 Å². The van der Waals surface area contributed by atoms with Crippen molar-refractivity contribution in [3.63, 3.8) is 0 Å². The molecule has 5 heteroatoms. The highest BCUT2D eigenvalue weighted by Gasteiger charge is 2.21. The summed E-state index contributed by atoms with van der Waals surface area (Å²) in [5, 5.41) is 1.20. The van der Waals surface area contributed by atoms with Gasteiger partial charge in [-0.1, -0.05) is 13.8 Å². The molecule has 0 aromatic carbocycles. The quantitative estimate of drug-likeness (QED) is 0.888. The molecule has 0 aliphatic rings. The van der Waals surface area contributed by atoms with Gasteiger partial charge in [-0.2, -0.15) is 0 Å². The first-order valence-corrected chi connectivity index (χ1v) is 8.13. The number of nitrogens with two attached hydrogens (primary N) is 1. The number of rotatable bonds is 6. The Morgan fingerprint density at radius 2 is 1.95 bits per heavy atom. The largest absolute Gasteiger partial charge is 0.352 e. The molecule has 0 spiro atoms. The van der Waals surface area contributed by atoms with Gasteiger partial charge >= 0.3 is 0 Å².